The number of carbonyl (C=O) groups excluding carboxylic acids is 2. The highest BCUT2D eigenvalue weighted by Crippen LogP contribution is 2.14. The summed E-state index contributed by atoms with van der Waals surface area (Å²) in [5, 5.41) is 9.53. The SMILES string of the molecule is COCCNC(=O)CCNC(=O)Cn1nc(C)c(N)c1C. The van der Waals surface area contributed by atoms with Crippen LogP contribution in [0.15, 0.2) is 0 Å². The van der Waals surface area contributed by atoms with Gasteiger partial charge in [0.2, 0.25) is 11.8 Å². The number of anilines is 1. The lowest BCUT2D eigenvalue weighted by atomic mass is 10.3. The van der Waals surface area contributed by atoms with Gasteiger partial charge in [0.1, 0.15) is 6.54 Å². The lowest BCUT2D eigenvalue weighted by Crippen LogP contribution is -2.34. The fraction of sp³-hybridized carbons (Fsp3) is 0.615. The van der Waals surface area contributed by atoms with Crippen LogP contribution in [0, 0.1) is 13.8 Å². The minimum Gasteiger partial charge on any atom is -0.396 e. The van der Waals surface area contributed by atoms with E-state index in [1.165, 1.54) is 0 Å². The summed E-state index contributed by atoms with van der Waals surface area (Å²) in [7, 11) is 1.57. The number of hydrogen-bond acceptors (Lipinski definition) is 5. The third-order valence-corrected chi connectivity index (χ3v) is 3.03. The van der Waals surface area contributed by atoms with Crippen LogP contribution < -0.4 is 16.4 Å². The third-order valence-electron chi connectivity index (χ3n) is 3.03. The molecule has 0 aliphatic carbocycles. The Kier molecular flexibility index (Phi) is 6.67. The van der Waals surface area contributed by atoms with Gasteiger partial charge >= 0.3 is 0 Å². The second-order valence-corrected chi connectivity index (χ2v) is 4.68. The summed E-state index contributed by atoms with van der Waals surface area (Å²) in [6.45, 7) is 4.92. The summed E-state index contributed by atoms with van der Waals surface area (Å²) in [5.41, 5.74) is 7.87. The predicted octanol–water partition coefficient (Wildman–Crippen LogP) is -0.649. The van der Waals surface area contributed by atoms with Gasteiger partial charge in [0.05, 0.1) is 23.7 Å². The van der Waals surface area contributed by atoms with E-state index in [-0.39, 0.29) is 31.3 Å². The van der Waals surface area contributed by atoms with Crippen LogP contribution in [-0.4, -0.2) is 48.4 Å². The van der Waals surface area contributed by atoms with Gasteiger partial charge in [0.15, 0.2) is 0 Å². The lowest BCUT2D eigenvalue weighted by Gasteiger charge is -2.07. The number of nitrogens with two attached hydrogens (primary N) is 1. The molecule has 1 rings (SSSR count). The summed E-state index contributed by atoms with van der Waals surface area (Å²) < 4.78 is 6.37. The van der Waals surface area contributed by atoms with Crippen molar-refractivity contribution in [1.29, 1.82) is 0 Å². The van der Waals surface area contributed by atoms with Crippen LogP contribution in [0.5, 0.6) is 0 Å². The molecule has 21 heavy (non-hydrogen) atoms. The van der Waals surface area contributed by atoms with Crippen LogP contribution in [0.3, 0.4) is 0 Å². The fourth-order valence-electron chi connectivity index (χ4n) is 1.75. The van der Waals surface area contributed by atoms with Crippen LogP contribution in [0.1, 0.15) is 17.8 Å². The van der Waals surface area contributed by atoms with Crippen molar-refractivity contribution < 1.29 is 14.3 Å². The molecule has 1 heterocycles. The molecule has 118 valence electrons. The number of nitrogens with one attached hydrogen (secondary N) is 2. The molecule has 0 aliphatic heterocycles. The second-order valence-electron chi connectivity index (χ2n) is 4.68. The Bertz CT molecular complexity index is 498. The number of nitrogen functional groups attached to an aromatic ring is 1. The zero-order chi connectivity index (χ0) is 15.8. The second kappa shape index (κ2) is 8.25. The number of methoxy groups -OCH3 is 1. The maximum absolute atomic E-state index is 11.8. The normalized spacial score (nSPS) is 10.4. The van der Waals surface area contributed by atoms with Gasteiger partial charge in [0.25, 0.3) is 0 Å². The van der Waals surface area contributed by atoms with Crippen molar-refractivity contribution in [3.05, 3.63) is 11.4 Å². The third kappa shape index (κ3) is 5.42. The molecule has 2 amide bonds. The molecule has 1 aromatic heterocycles. The predicted molar refractivity (Wildman–Crippen MR) is 78.6 cm³/mol. The van der Waals surface area contributed by atoms with E-state index in [4.69, 9.17) is 10.5 Å². The smallest absolute Gasteiger partial charge is 0.241 e. The minimum atomic E-state index is -0.203. The molecule has 0 fully saturated rings. The highest BCUT2D eigenvalue weighted by Gasteiger charge is 2.11. The molecule has 1 aromatic rings. The number of hydrogen-bond donors (Lipinski definition) is 3. The topological polar surface area (TPSA) is 111 Å². The number of carbonyl (C=O) groups is 2. The first-order chi connectivity index (χ1) is 9.95. The monoisotopic (exact) mass is 297 g/mol. The molecule has 0 unspecified atom stereocenters. The summed E-state index contributed by atoms with van der Waals surface area (Å²) in [5.74, 6) is -0.326. The zero-order valence-corrected chi connectivity index (χ0v) is 12.7. The maximum atomic E-state index is 11.8. The highest BCUT2D eigenvalue weighted by molar-refractivity contribution is 5.78. The minimum absolute atomic E-state index is 0.0924. The van der Waals surface area contributed by atoms with Gasteiger partial charge in [-0.2, -0.15) is 5.10 Å². The first-order valence-corrected chi connectivity index (χ1v) is 6.77. The fourth-order valence-corrected chi connectivity index (χ4v) is 1.75. The van der Waals surface area contributed by atoms with Crippen molar-refractivity contribution >= 4 is 17.5 Å². The molecule has 0 saturated heterocycles. The number of aryl methyl sites for hydroxylation is 1. The maximum Gasteiger partial charge on any atom is 0.241 e. The first-order valence-electron chi connectivity index (χ1n) is 6.77. The van der Waals surface area contributed by atoms with E-state index >= 15 is 0 Å². The van der Waals surface area contributed by atoms with Crippen molar-refractivity contribution in [2.45, 2.75) is 26.8 Å². The molecule has 0 atom stereocenters. The number of aromatic nitrogens is 2. The first kappa shape index (κ1) is 17.0. The molecule has 0 bridgehead atoms. The van der Waals surface area contributed by atoms with Crippen LogP contribution in [-0.2, 0) is 20.9 Å². The van der Waals surface area contributed by atoms with Crippen molar-refractivity contribution in [1.82, 2.24) is 20.4 Å². The summed E-state index contributed by atoms with van der Waals surface area (Å²) in [6, 6.07) is 0. The van der Waals surface area contributed by atoms with Crippen LogP contribution in [0.25, 0.3) is 0 Å². The molecule has 0 radical (unpaired) electrons. The Morgan fingerprint density at radius 3 is 2.48 bits per heavy atom. The zero-order valence-electron chi connectivity index (χ0n) is 12.7. The largest absolute Gasteiger partial charge is 0.396 e. The van der Waals surface area contributed by atoms with Gasteiger partial charge in [-0.05, 0) is 13.8 Å². The Morgan fingerprint density at radius 2 is 1.90 bits per heavy atom. The van der Waals surface area contributed by atoms with Gasteiger partial charge in [-0.3, -0.25) is 14.3 Å². The van der Waals surface area contributed by atoms with Crippen molar-refractivity contribution in [3.8, 4) is 0 Å². The number of amides is 2. The molecular formula is C13H23N5O3. The van der Waals surface area contributed by atoms with Crippen molar-refractivity contribution in [3.63, 3.8) is 0 Å². The Morgan fingerprint density at radius 1 is 1.24 bits per heavy atom. The lowest BCUT2D eigenvalue weighted by molar-refractivity contribution is -0.122. The van der Waals surface area contributed by atoms with E-state index in [0.717, 1.165) is 5.69 Å². The molecule has 0 aromatic carbocycles. The van der Waals surface area contributed by atoms with Gasteiger partial charge in [-0.15, -0.1) is 0 Å². The van der Waals surface area contributed by atoms with Gasteiger partial charge in [-0.25, -0.2) is 0 Å². The molecule has 0 saturated carbocycles. The molecule has 0 aliphatic rings. The van der Waals surface area contributed by atoms with Gasteiger partial charge in [0, 0.05) is 26.6 Å². The molecule has 8 nitrogen and oxygen atoms in total. The standard InChI is InChI=1S/C13H23N5O3/c1-9-13(14)10(2)18(17-9)8-12(20)15-5-4-11(19)16-6-7-21-3/h4-8,14H2,1-3H3,(H,15,20)(H,16,19). The van der Waals surface area contributed by atoms with Crippen LogP contribution >= 0.6 is 0 Å². The average molecular weight is 297 g/mol. The van der Waals surface area contributed by atoms with E-state index in [2.05, 4.69) is 15.7 Å². The number of rotatable bonds is 8. The summed E-state index contributed by atoms with van der Waals surface area (Å²) in [4.78, 5) is 23.2. The molecular weight excluding hydrogens is 274 g/mol. The summed E-state index contributed by atoms with van der Waals surface area (Å²) >= 11 is 0. The van der Waals surface area contributed by atoms with Crippen molar-refractivity contribution in [2.75, 3.05) is 32.5 Å². The van der Waals surface area contributed by atoms with E-state index in [9.17, 15) is 9.59 Å². The van der Waals surface area contributed by atoms with Crippen molar-refractivity contribution in [2.24, 2.45) is 0 Å². The van der Waals surface area contributed by atoms with Gasteiger partial charge in [-0.1, -0.05) is 0 Å². The average Bonchev–Trinajstić information content (AvgIpc) is 2.66. The summed E-state index contributed by atoms with van der Waals surface area (Å²) in [6.07, 6.45) is 0.231. The highest BCUT2D eigenvalue weighted by atomic mass is 16.5. The van der Waals surface area contributed by atoms with Crippen LogP contribution in [0.4, 0.5) is 5.69 Å². The van der Waals surface area contributed by atoms with E-state index in [1.54, 1.807) is 18.7 Å². The molecule has 4 N–H and O–H groups in total. The van der Waals surface area contributed by atoms with E-state index in [1.807, 2.05) is 6.92 Å². The van der Waals surface area contributed by atoms with Gasteiger partial charge < -0.3 is 21.1 Å². The molecule has 8 heteroatoms. The Labute approximate surface area is 124 Å². The Hall–Kier alpha value is -2.09. The quantitative estimate of drug-likeness (QED) is 0.552. The Balaban J connectivity index is 2.28. The molecule has 0 spiro atoms. The van der Waals surface area contributed by atoms with E-state index < -0.39 is 0 Å². The van der Waals surface area contributed by atoms with E-state index in [0.29, 0.717) is 24.5 Å². The number of nitrogens with zero attached hydrogens (tertiary/aromatic N) is 2. The van der Waals surface area contributed by atoms with Crippen LogP contribution in [0.2, 0.25) is 0 Å². The number of ether oxygens (including phenoxy) is 1.